The maximum Gasteiger partial charge on any atom is 0.237 e. The summed E-state index contributed by atoms with van der Waals surface area (Å²) in [5, 5.41) is 12.4. The average molecular weight is 278 g/mol. The first-order valence-electron chi connectivity index (χ1n) is 6.40. The van der Waals surface area contributed by atoms with Gasteiger partial charge in [0.1, 0.15) is 0 Å². The van der Waals surface area contributed by atoms with Crippen LogP contribution in [0.1, 0.15) is 12.0 Å². The van der Waals surface area contributed by atoms with Crippen LogP contribution in [0.5, 0.6) is 11.5 Å². The van der Waals surface area contributed by atoms with Gasteiger partial charge in [-0.15, -0.1) is 6.58 Å². The molecular formula is C15H22N2O3. The van der Waals surface area contributed by atoms with Crippen molar-refractivity contribution in [2.75, 3.05) is 21.2 Å². The zero-order valence-electron chi connectivity index (χ0n) is 12.2. The van der Waals surface area contributed by atoms with Gasteiger partial charge in [-0.2, -0.15) is 0 Å². The predicted molar refractivity (Wildman–Crippen MR) is 78.8 cm³/mol. The Morgan fingerprint density at radius 3 is 2.80 bits per heavy atom. The number of nitrogens with one attached hydrogen (secondary N) is 1. The summed E-state index contributed by atoms with van der Waals surface area (Å²) in [5.41, 5.74) is 0.865. The Hall–Kier alpha value is -2.01. The van der Waals surface area contributed by atoms with Gasteiger partial charge in [0.15, 0.2) is 11.5 Å². The van der Waals surface area contributed by atoms with Crippen molar-refractivity contribution in [3.8, 4) is 11.5 Å². The average Bonchev–Trinajstić information content (AvgIpc) is 2.43. The Labute approximate surface area is 119 Å². The molecule has 0 bridgehead atoms. The largest absolute Gasteiger partial charge is 0.504 e. The van der Waals surface area contributed by atoms with Crippen LogP contribution in [0.3, 0.4) is 0 Å². The second kappa shape index (κ2) is 7.55. The summed E-state index contributed by atoms with van der Waals surface area (Å²) in [7, 11) is 5.21. The number of ether oxygens (including phenoxy) is 1. The summed E-state index contributed by atoms with van der Waals surface area (Å²) >= 11 is 0. The van der Waals surface area contributed by atoms with Crippen molar-refractivity contribution < 1.29 is 14.6 Å². The first-order chi connectivity index (χ1) is 9.49. The monoisotopic (exact) mass is 278 g/mol. The lowest BCUT2D eigenvalue weighted by molar-refractivity contribution is -0.125. The first-order valence-corrected chi connectivity index (χ1v) is 6.40. The molecule has 0 spiro atoms. The molecule has 20 heavy (non-hydrogen) atoms. The smallest absolute Gasteiger partial charge is 0.237 e. The number of phenols is 1. The number of amides is 1. The number of phenolic OH excluding ortho intramolecular Hbond substituents is 1. The molecule has 1 aromatic rings. The summed E-state index contributed by atoms with van der Waals surface area (Å²) < 4.78 is 5.03. The summed E-state index contributed by atoms with van der Waals surface area (Å²) in [6, 6.07) is 4.77. The molecular weight excluding hydrogens is 256 g/mol. The molecule has 0 radical (unpaired) electrons. The van der Waals surface area contributed by atoms with E-state index in [-0.39, 0.29) is 17.7 Å². The van der Waals surface area contributed by atoms with E-state index in [1.165, 1.54) is 7.11 Å². The number of methoxy groups -OCH3 is 1. The summed E-state index contributed by atoms with van der Waals surface area (Å²) in [6.45, 7) is 4.05. The van der Waals surface area contributed by atoms with E-state index in [9.17, 15) is 9.90 Å². The fourth-order valence-electron chi connectivity index (χ4n) is 1.85. The second-order valence-electron chi connectivity index (χ2n) is 4.73. The van der Waals surface area contributed by atoms with Crippen molar-refractivity contribution in [2.24, 2.45) is 0 Å². The van der Waals surface area contributed by atoms with Crippen LogP contribution >= 0.6 is 0 Å². The zero-order valence-corrected chi connectivity index (χ0v) is 12.2. The molecule has 0 fully saturated rings. The van der Waals surface area contributed by atoms with Gasteiger partial charge in [-0.05, 0) is 38.2 Å². The van der Waals surface area contributed by atoms with Crippen molar-refractivity contribution in [3.05, 3.63) is 36.4 Å². The minimum Gasteiger partial charge on any atom is -0.504 e. The van der Waals surface area contributed by atoms with Crippen molar-refractivity contribution in [3.63, 3.8) is 0 Å². The molecule has 0 heterocycles. The molecule has 1 atom stereocenters. The Kier molecular flexibility index (Phi) is 6.06. The third-order valence-corrected chi connectivity index (χ3v) is 3.03. The molecule has 0 saturated carbocycles. The lowest BCUT2D eigenvalue weighted by Crippen LogP contribution is -2.42. The van der Waals surface area contributed by atoms with Crippen LogP contribution in [-0.2, 0) is 11.3 Å². The standard InChI is InChI=1S/C15H22N2O3/c1-5-6-12(17(2)3)15(19)16-10-11-7-8-13(18)14(9-11)20-4/h5,7-9,12,18H,1,6,10H2,2-4H3,(H,16,19)/t12-/m0/s1. The maximum absolute atomic E-state index is 12.1. The predicted octanol–water partition coefficient (Wildman–Crippen LogP) is 1.52. The maximum atomic E-state index is 12.1. The molecule has 1 amide bonds. The molecule has 0 aliphatic heterocycles. The number of rotatable bonds is 7. The number of hydrogen-bond donors (Lipinski definition) is 2. The lowest BCUT2D eigenvalue weighted by atomic mass is 10.1. The molecule has 1 rings (SSSR count). The van der Waals surface area contributed by atoms with Crippen LogP contribution in [0.25, 0.3) is 0 Å². The van der Waals surface area contributed by atoms with Gasteiger partial charge in [-0.1, -0.05) is 12.1 Å². The minimum atomic E-state index is -0.230. The first kappa shape index (κ1) is 16.0. The van der Waals surface area contributed by atoms with Gasteiger partial charge in [0.25, 0.3) is 0 Å². The fourth-order valence-corrected chi connectivity index (χ4v) is 1.85. The molecule has 5 nitrogen and oxygen atoms in total. The van der Waals surface area contributed by atoms with Crippen molar-refractivity contribution in [1.82, 2.24) is 10.2 Å². The SMILES string of the molecule is C=CC[C@@H](C(=O)NCc1ccc(O)c(OC)c1)N(C)C. The normalized spacial score (nSPS) is 12.0. The van der Waals surface area contributed by atoms with E-state index in [1.54, 1.807) is 24.3 Å². The molecule has 0 aliphatic rings. The molecule has 0 aliphatic carbocycles. The van der Waals surface area contributed by atoms with Gasteiger partial charge in [-0.3, -0.25) is 9.69 Å². The number of nitrogens with zero attached hydrogens (tertiary/aromatic N) is 1. The Balaban J connectivity index is 2.66. The summed E-state index contributed by atoms with van der Waals surface area (Å²) in [6.07, 6.45) is 2.32. The molecule has 0 saturated heterocycles. The van der Waals surface area contributed by atoms with E-state index in [0.29, 0.717) is 18.7 Å². The van der Waals surface area contributed by atoms with Crippen molar-refractivity contribution in [2.45, 2.75) is 19.0 Å². The third-order valence-electron chi connectivity index (χ3n) is 3.03. The highest BCUT2D eigenvalue weighted by Crippen LogP contribution is 2.26. The quantitative estimate of drug-likeness (QED) is 0.742. The summed E-state index contributed by atoms with van der Waals surface area (Å²) in [4.78, 5) is 13.9. The Morgan fingerprint density at radius 2 is 2.25 bits per heavy atom. The molecule has 110 valence electrons. The van der Waals surface area contributed by atoms with E-state index >= 15 is 0 Å². The van der Waals surface area contributed by atoms with Gasteiger partial charge in [-0.25, -0.2) is 0 Å². The van der Waals surface area contributed by atoms with E-state index in [2.05, 4.69) is 11.9 Å². The highest BCUT2D eigenvalue weighted by Gasteiger charge is 2.18. The number of carbonyl (C=O) groups excluding carboxylic acids is 1. The minimum absolute atomic E-state index is 0.0538. The van der Waals surface area contributed by atoms with E-state index in [4.69, 9.17) is 4.74 Å². The van der Waals surface area contributed by atoms with Crippen LogP contribution in [-0.4, -0.2) is 43.2 Å². The highest BCUT2D eigenvalue weighted by atomic mass is 16.5. The number of likely N-dealkylation sites (N-methyl/N-ethyl adjacent to an activating group) is 1. The van der Waals surface area contributed by atoms with Crippen molar-refractivity contribution in [1.29, 1.82) is 0 Å². The molecule has 0 aromatic heterocycles. The van der Waals surface area contributed by atoms with E-state index < -0.39 is 0 Å². The number of aromatic hydroxyl groups is 1. The van der Waals surface area contributed by atoms with Crippen LogP contribution < -0.4 is 10.1 Å². The van der Waals surface area contributed by atoms with Crippen LogP contribution in [0.2, 0.25) is 0 Å². The lowest BCUT2D eigenvalue weighted by Gasteiger charge is -2.22. The van der Waals surface area contributed by atoms with E-state index in [1.807, 2.05) is 19.0 Å². The van der Waals surface area contributed by atoms with Gasteiger partial charge < -0.3 is 15.2 Å². The van der Waals surface area contributed by atoms with Gasteiger partial charge in [0.2, 0.25) is 5.91 Å². The molecule has 1 aromatic carbocycles. The van der Waals surface area contributed by atoms with Crippen LogP contribution in [0.15, 0.2) is 30.9 Å². The Morgan fingerprint density at radius 1 is 1.55 bits per heavy atom. The van der Waals surface area contributed by atoms with Gasteiger partial charge in [0, 0.05) is 6.54 Å². The van der Waals surface area contributed by atoms with Crippen LogP contribution in [0, 0.1) is 0 Å². The second-order valence-corrected chi connectivity index (χ2v) is 4.73. The highest BCUT2D eigenvalue weighted by molar-refractivity contribution is 5.81. The molecule has 0 unspecified atom stereocenters. The fraction of sp³-hybridized carbons (Fsp3) is 0.400. The number of carbonyl (C=O) groups is 1. The van der Waals surface area contributed by atoms with Gasteiger partial charge in [0.05, 0.1) is 13.2 Å². The van der Waals surface area contributed by atoms with Crippen molar-refractivity contribution >= 4 is 5.91 Å². The summed E-state index contributed by atoms with van der Waals surface area (Å²) in [5.74, 6) is 0.425. The zero-order chi connectivity index (χ0) is 15.1. The Bertz CT molecular complexity index is 472. The number of benzene rings is 1. The van der Waals surface area contributed by atoms with E-state index in [0.717, 1.165) is 5.56 Å². The van der Waals surface area contributed by atoms with Crippen LogP contribution in [0.4, 0.5) is 0 Å². The number of hydrogen-bond acceptors (Lipinski definition) is 4. The topological polar surface area (TPSA) is 61.8 Å². The third kappa shape index (κ3) is 4.28. The van der Waals surface area contributed by atoms with Gasteiger partial charge >= 0.3 is 0 Å². The molecule has 5 heteroatoms. The molecule has 2 N–H and O–H groups in total.